The van der Waals surface area contributed by atoms with E-state index in [-0.39, 0.29) is 11.4 Å². The molecule has 1 aliphatic heterocycles. The summed E-state index contributed by atoms with van der Waals surface area (Å²) in [6.45, 7) is 3.47. The molecule has 2 aromatic carbocycles. The number of hydrogen-bond donors (Lipinski definition) is 0. The predicted molar refractivity (Wildman–Crippen MR) is 108 cm³/mol. The van der Waals surface area contributed by atoms with Crippen LogP contribution in [0.3, 0.4) is 0 Å². The molecule has 0 bridgehead atoms. The van der Waals surface area contributed by atoms with E-state index in [2.05, 4.69) is 4.90 Å². The van der Waals surface area contributed by atoms with Gasteiger partial charge < -0.3 is 19.1 Å². The summed E-state index contributed by atoms with van der Waals surface area (Å²) in [7, 11) is 0.910. The fraction of sp³-hybridized carbons (Fsp3) is 0.400. The molecular weight excluding hydrogens is 380 g/mol. The Labute approximate surface area is 166 Å². The average molecular weight is 407 g/mol. The van der Waals surface area contributed by atoms with Crippen molar-refractivity contribution in [1.82, 2.24) is 4.31 Å². The smallest absolute Gasteiger partial charge is 0.243 e. The van der Waals surface area contributed by atoms with E-state index in [9.17, 15) is 8.42 Å². The maximum atomic E-state index is 12.9. The van der Waals surface area contributed by atoms with Crippen molar-refractivity contribution < 1.29 is 22.6 Å². The number of nitrogens with zero attached hydrogens (tertiary/aromatic N) is 2. The number of anilines is 1. The van der Waals surface area contributed by atoms with Gasteiger partial charge in [-0.1, -0.05) is 12.1 Å². The quantitative estimate of drug-likeness (QED) is 0.703. The highest BCUT2D eigenvalue weighted by atomic mass is 32.2. The van der Waals surface area contributed by atoms with E-state index in [1.165, 1.54) is 30.7 Å². The molecule has 1 saturated heterocycles. The number of hydrogen-bond acceptors (Lipinski definition) is 6. The molecule has 7 nitrogen and oxygen atoms in total. The van der Waals surface area contributed by atoms with Crippen LogP contribution in [0, 0.1) is 0 Å². The second kappa shape index (κ2) is 8.81. The maximum Gasteiger partial charge on any atom is 0.243 e. The van der Waals surface area contributed by atoms with Crippen LogP contribution < -0.4 is 14.4 Å². The summed E-state index contributed by atoms with van der Waals surface area (Å²) < 4.78 is 43.0. The molecule has 1 heterocycles. The van der Waals surface area contributed by atoms with Crippen LogP contribution in [0.25, 0.3) is 0 Å². The standard InChI is InChI=1S/C20H26N2O5S/c1-21(28(23,24)18-8-9-19(25-2)20(14-18)26-3)15-16-4-6-17(7-5-16)22-10-12-27-13-11-22/h4-9,14H,10-13,15H2,1-3H3. The van der Waals surface area contributed by atoms with Gasteiger partial charge in [0.1, 0.15) is 0 Å². The van der Waals surface area contributed by atoms with Gasteiger partial charge in [0.2, 0.25) is 10.0 Å². The lowest BCUT2D eigenvalue weighted by Crippen LogP contribution is -2.36. The average Bonchev–Trinajstić information content (AvgIpc) is 2.74. The Morgan fingerprint density at radius 1 is 1.00 bits per heavy atom. The number of methoxy groups -OCH3 is 2. The maximum absolute atomic E-state index is 12.9. The van der Waals surface area contributed by atoms with E-state index in [0.29, 0.717) is 11.5 Å². The fourth-order valence-corrected chi connectivity index (χ4v) is 4.31. The van der Waals surface area contributed by atoms with Gasteiger partial charge in [-0.05, 0) is 29.8 Å². The van der Waals surface area contributed by atoms with Crippen LogP contribution in [0.4, 0.5) is 5.69 Å². The van der Waals surface area contributed by atoms with E-state index in [0.717, 1.165) is 37.6 Å². The zero-order valence-corrected chi connectivity index (χ0v) is 17.2. The minimum atomic E-state index is -3.65. The van der Waals surface area contributed by atoms with Gasteiger partial charge in [0.05, 0.1) is 32.3 Å². The first-order valence-corrected chi connectivity index (χ1v) is 10.5. The molecule has 0 saturated carbocycles. The molecule has 0 spiro atoms. The molecule has 0 aromatic heterocycles. The van der Waals surface area contributed by atoms with Gasteiger partial charge in [0.15, 0.2) is 11.5 Å². The van der Waals surface area contributed by atoms with E-state index in [1.54, 1.807) is 13.1 Å². The molecule has 2 aromatic rings. The van der Waals surface area contributed by atoms with Gasteiger partial charge >= 0.3 is 0 Å². The second-order valence-electron chi connectivity index (χ2n) is 6.54. The first kappa shape index (κ1) is 20.4. The predicted octanol–water partition coefficient (Wildman–Crippen LogP) is 2.36. The Morgan fingerprint density at radius 2 is 1.64 bits per heavy atom. The van der Waals surface area contributed by atoms with Gasteiger partial charge in [0, 0.05) is 38.4 Å². The van der Waals surface area contributed by atoms with Crippen LogP contribution >= 0.6 is 0 Å². The minimum absolute atomic E-state index is 0.164. The van der Waals surface area contributed by atoms with Crippen molar-refractivity contribution in [3.8, 4) is 11.5 Å². The minimum Gasteiger partial charge on any atom is -0.493 e. The third-order valence-corrected chi connectivity index (χ3v) is 6.58. The SMILES string of the molecule is COc1ccc(S(=O)(=O)N(C)Cc2ccc(N3CCOCC3)cc2)cc1OC. The van der Waals surface area contributed by atoms with Crippen LogP contribution in [-0.2, 0) is 21.3 Å². The number of benzene rings is 2. The first-order chi connectivity index (χ1) is 13.5. The van der Waals surface area contributed by atoms with Crippen molar-refractivity contribution in [3.63, 3.8) is 0 Å². The van der Waals surface area contributed by atoms with Gasteiger partial charge in [-0.25, -0.2) is 8.42 Å². The highest BCUT2D eigenvalue weighted by Gasteiger charge is 2.23. The van der Waals surface area contributed by atoms with Crippen LogP contribution in [0.2, 0.25) is 0 Å². The highest BCUT2D eigenvalue weighted by molar-refractivity contribution is 7.89. The third kappa shape index (κ3) is 4.40. The molecule has 152 valence electrons. The van der Waals surface area contributed by atoms with Gasteiger partial charge in [-0.15, -0.1) is 0 Å². The number of rotatable bonds is 7. The first-order valence-electron chi connectivity index (χ1n) is 9.05. The van der Waals surface area contributed by atoms with E-state index < -0.39 is 10.0 Å². The van der Waals surface area contributed by atoms with E-state index in [1.807, 2.05) is 24.3 Å². The van der Waals surface area contributed by atoms with Gasteiger partial charge in [-0.3, -0.25) is 0 Å². The van der Waals surface area contributed by atoms with Gasteiger partial charge in [0.25, 0.3) is 0 Å². The highest BCUT2D eigenvalue weighted by Crippen LogP contribution is 2.30. The molecule has 0 atom stereocenters. The molecule has 1 fully saturated rings. The van der Waals surface area contributed by atoms with Crippen molar-refractivity contribution in [2.75, 3.05) is 52.5 Å². The lowest BCUT2D eigenvalue weighted by atomic mass is 10.2. The van der Waals surface area contributed by atoms with Crippen LogP contribution in [-0.4, -0.2) is 60.3 Å². The Bertz CT molecular complexity index is 893. The molecule has 0 N–H and O–H groups in total. The number of sulfonamides is 1. The molecule has 0 amide bonds. The second-order valence-corrected chi connectivity index (χ2v) is 8.59. The van der Waals surface area contributed by atoms with Crippen molar-refractivity contribution in [2.24, 2.45) is 0 Å². The Hall–Kier alpha value is -2.29. The summed E-state index contributed by atoms with van der Waals surface area (Å²) in [5, 5.41) is 0. The zero-order chi connectivity index (χ0) is 20.1. The topological polar surface area (TPSA) is 68.3 Å². The zero-order valence-electron chi connectivity index (χ0n) is 16.4. The molecule has 8 heteroatoms. The monoisotopic (exact) mass is 406 g/mol. The Kier molecular flexibility index (Phi) is 6.43. The van der Waals surface area contributed by atoms with E-state index in [4.69, 9.17) is 14.2 Å². The molecule has 3 rings (SSSR count). The molecule has 0 radical (unpaired) electrons. The van der Waals surface area contributed by atoms with E-state index >= 15 is 0 Å². The Morgan fingerprint density at radius 3 is 2.25 bits per heavy atom. The summed E-state index contributed by atoms with van der Waals surface area (Å²) in [4.78, 5) is 2.43. The van der Waals surface area contributed by atoms with Crippen molar-refractivity contribution >= 4 is 15.7 Å². The van der Waals surface area contributed by atoms with Crippen LogP contribution in [0.15, 0.2) is 47.4 Å². The Balaban J connectivity index is 1.73. The lowest BCUT2D eigenvalue weighted by Gasteiger charge is -2.29. The van der Waals surface area contributed by atoms with Crippen LogP contribution in [0.1, 0.15) is 5.56 Å². The normalized spacial score (nSPS) is 14.9. The largest absolute Gasteiger partial charge is 0.493 e. The number of ether oxygens (including phenoxy) is 3. The fourth-order valence-electron chi connectivity index (χ4n) is 3.13. The molecular formula is C20H26N2O5S. The van der Waals surface area contributed by atoms with Gasteiger partial charge in [-0.2, -0.15) is 4.31 Å². The summed E-state index contributed by atoms with van der Waals surface area (Å²) in [6, 6.07) is 12.6. The number of morpholine rings is 1. The molecule has 0 unspecified atom stereocenters. The summed E-state index contributed by atoms with van der Waals surface area (Å²) in [6.07, 6.45) is 0. The molecule has 0 aliphatic carbocycles. The van der Waals surface area contributed by atoms with Crippen molar-refractivity contribution in [2.45, 2.75) is 11.4 Å². The third-order valence-electron chi connectivity index (χ3n) is 4.78. The summed E-state index contributed by atoms with van der Waals surface area (Å²) in [5.41, 5.74) is 2.04. The summed E-state index contributed by atoms with van der Waals surface area (Å²) in [5.74, 6) is 0.870. The molecule has 28 heavy (non-hydrogen) atoms. The van der Waals surface area contributed by atoms with Crippen molar-refractivity contribution in [1.29, 1.82) is 0 Å². The molecule has 1 aliphatic rings. The summed E-state index contributed by atoms with van der Waals surface area (Å²) >= 11 is 0. The van der Waals surface area contributed by atoms with Crippen molar-refractivity contribution in [3.05, 3.63) is 48.0 Å². The van der Waals surface area contributed by atoms with Crippen LogP contribution in [0.5, 0.6) is 11.5 Å². The lowest BCUT2D eigenvalue weighted by molar-refractivity contribution is 0.122.